The van der Waals surface area contributed by atoms with Crippen LogP contribution in [0.4, 0.5) is 5.69 Å². The first-order valence-corrected chi connectivity index (χ1v) is 8.36. The van der Waals surface area contributed by atoms with Crippen molar-refractivity contribution in [3.8, 4) is 5.75 Å². The molecule has 0 saturated carbocycles. The van der Waals surface area contributed by atoms with Crippen molar-refractivity contribution in [1.29, 1.82) is 0 Å². The van der Waals surface area contributed by atoms with Gasteiger partial charge in [0.1, 0.15) is 5.75 Å². The summed E-state index contributed by atoms with van der Waals surface area (Å²) in [5.41, 5.74) is 1.15. The molecule has 1 aromatic rings. The van der Waals surface area contributed by atoms with Gasteiger partial charge in [0.2, 0.25) is 5.91 Å². The predicted octanol–water partition coefficient (Wildman–Crippen LogP) is 2.14. The Hall–Kier alpha value is -1.75. The number of ether oxygens (including phenoxy) is 1. The zero-order valence-corrected chi connectivity index (χ0v) is 14.4. The highest BCUT2D eigenvalue weighted by atomic mass is 16.5. The van der Waals surface area contributed by atoms with E-state index in [-0.39, 0.29) is 18.2 Å². The zero-order chi connectivity index (χ0) is 16.8. The minimum absolute atomic E-state index is 0.0581. The highest BCUT2D eigenvalue weighted by Gasteiger charge is 2.22. The Morgan fingerprint density at radius 2 is 1.87 bits per heavy atom. The van der Waals surface area contributed by atoms with Crippen molar-refractivity contribution in [2.75, 3.05) is 38.2 Å². The van der Waals surface area contributed by atoms with Crippen molar-refractivity contribution in [2.45, 2.75) is 32.8 Å². The molecule has 1 saturated heterocycles. The summed E-state index contributed by atoms with van der Waals surface area (Å²) < 4.78 is 5.19. The van der Waals surface area contributed by atoms with E-state index in [0.29, 0.717) is 6.54 Å². The number of benzene rings is 1. The van der Waals surface area contributed by atoms with E-state index in [9.17, 15) is 9.90 Å². The molecule has 128 valence electrons. The second kappa shape index (κ2) is 8.20. The van der Waals surface area contributed by atoms with Crippen molar-refractivity contribution < 1.29 is 14.6 Å². The number of anilines is 1. The summed E-state index contributed by atoms with van der Waals surface area (Å²) in [6.45, 7) is 7.09. The molecule has 0 unspecified atom stereocenters. The zero-order valence-electron chi connectivity index (χ0n) is 14.4. The van der Waals surface area contributed by atoms with Gasteiger partial charge < -0.3 is 19.6 Å². The molecule has 1 heterocycles. The third-order valence-electron chi connectivity index (χ3n) is 4.44. The number of methoxy groups -OCH3 is 1. The number of carbonyl (C=O) groups is 1. The van der Waals surface area contributed by atoms with E-state index in [0.717, 1.165) is 37.5 Å². The maximum Gasteiger partial charge on any atom is 0.225 e. The lowest BCUT2D eigenvalue weighted by Gasteiger charge is -2.25. The Bertz CT molecular complexity index is 501. The molecule has 1 aromatic carbocycles. The first-order chi connectivity index (χ1) is 11.0. The summed E-state index contributed by atoms with van der Waals surface area (Å²) in [5.74, 6) is 1.02. The smallest absolute Gasteiger partial charge is 0.225 e. The van der Waals surface area contributed by atoms with Crippen molar-refractivity contribution in [3.05, 3.63) is 24.3 Å². The molecular formula is C18H28N2O3. The summed E-state index contributed by atoms with van der Waals surface area (Å²) in [4.78, 5) is 16.5. The van der Waals surface area contributed by atoms with E-state index in [1.807, 2.05) is 30.9 Å². The lowest BCUT2D eigenvalue weighted by atomic mass is 10.0. The highest BCUT2D eigenvalue weighted by molar-refractivity contribution is 5.76. The second-order valence-corrected chi connectivity index (χ2v) is 6.43. The summed E-state index contributed by atoms with van der Waals surface area (Å²) in [5, 5.41) is 9.91. The molecule has 23 heavy (non-hydrogen) atoms. The van der Waals surface area contributed by atoms with Crippen LogP contribution in [0.1, 0.15) is 26.7 Å². The Labute approximate surface area is 138 Å². The van der Waals surface area contributed by atoms with Crippen LogP contribution in [-0.2, 0) is 4.79 Å². The quantitative estimate of drug-likeness (QED) is 0.903. The molecule has 1 aliphatic heterocycles. The fourth-order valence-electron chi connectivity index (χ4n) is 2.76. The molecule has 0 aromatic heterocycles. The van der Waals surface area contributed by atoms with Gasteiger partial charge in [-0.2, -0.15) is 0 Å². The van der Waals surface area contributed by atoms with Crippen LogP contribution < -0.4 is 9.64 Å². The normalized spacial score (nSPS) is 17.1. The lowest BCUT2D eigenvalue weighted by Crippen LogP contribution is -2.37. The third-order valence-corrected chi connectivity index (χ3v) is 4.44. The van der Waals surface area contributed by atoms with Crippen LogP contribution in [-0.4, -0.2) is 55.3 Å². The molecule has 1 N–H and O–H groups in total. The Kier molecular flexibility index (Phi) is 6.28. The average molecular weight is 320 g/mol. The van der Waals surface area contributed by atoms with Crippen LogP contribution >= 0.6 is 0 Å². The number of aliphatic hydroxyl groups is 1. The monoisotopic (exact) mass is 320 g/mol. The summed E-state index contributed by atoms with van der Waals surface area (Å²) in [7, 11) is 1.66. The maximum absolute atomic E-state index is 12.3. The van der Waals surface area contributed by atoms with Crippen molar-refractivity contribution in [3.63, 3.8) is 0 Å². The minimum Gasteiger partial charge on any atom is -0.497 e. The minimum atomic E-state index is -0.552. The van der Waals surface area contributed by atoms with E-state index < -0.39 is 6.10 Å². The fourth-order valence-corrected chi connectivity index (χ4v) is 2.76. The molecule has 2 rings (SSSR count). The van der Waals surface area contributed by atoms with Gasteiger partial charge in [0.05, 0.1) is 19.6 Å². The highest BCUT2D eigenvalue weighted by Crippen LogP contribution is 2.21. The predicted molar refractivity (Wildman–Crippen MR) is 91.9 cm³/mol. The molecule has 0 bridgehead atoms. The number of hydrogen-bond acceptors (Lipinski definition) is 4. The molecule has 1 fully saturated rings. The SMILES string of the molecule is COc1ccc(N2CCCN(C(=O)C[C@@H](O)C(C)C)CC2)cc1. The van der Waals surface area contributed by atoms with Crippen LogP contribution in [0.25, 0.3) is 0 Å². The van der Waals surface area contributed by atoms with Crippen LogP contribution in [0.15, 0.2) is 24.3 Å². The van der Waals surface area contributed by atoms with Crippen molar-refractivity contribution >= 4 is 11.6 Å². The molecule has 0 aliphatic carbocycles. The van der Waals surface area contributed by atoms with Crippen molar-refractivity contribution in [2.24, 2.45) is 5.92 Å². The van der Waals surface area contributed by atoms with Gasteiger partial charge in [-0.05, 0) is 36.6 Å². The molecule has 0 radical (unpaired) electrons. The number of hydrogen-bond donors (Lipinski definition) is 1. The van der Waals surface area contributed by atoms with Gasteiger partial charge in [-0.15, -0.1) is 0 Å². The Morgan fingerprint density at radius 1 is 1.17 bits per heavy atom. The van der Waals surface area contributed by atoms with Crippen LogP contribution in [0, 0.1) is 5.92 Å². The molecule has 5 heteroatoms. The Morgan fingerprint density at radius 3 is 2.48 bits per heavy atom. The first kappa shape index (κ1) is 17.6. The average Bonchev–Trinajstić information content (AvgIpc) is 2.81. The van der Waals surface area contributed by atoms with Crippen LogP contribution in [0.2, 0.25) is 0 Å². The number of carbonyl (C=O) groups excluding carboxylic acids is 1. The van der Waals surface area contributed by atoms with Crippen LogP contribution in [0.5, 0.6) is 5.75 Å². The molecule has 5 nitrogen and oxygen atoms in total. The molecule has 1 atom stereocenters. The Balaban J connectivity index is 1.92. The molecule has 0 spiro atoms. The fraction of sp³-hybridized carbons (Fsp3) is 0.611. The summed E-state index contributed by atoms with van der Waals surface area (Å²) >= 11 is 0. The number of rotatable bonds is 5. The topological polar surface area (TPSA) is 53.0 Å². The van der Waals surface area contributed by atoms with Gasteiger partial charge in [0.15, 0.2) is 0 Å². The van der Waals surface area contributed by atoms with Gasteiger partial charge in [0, 0.05) is 31.9 Å². The van der Waals surface area contributed by atoms with E-state index in [1.165, 1.54) is 0 Å². The van der Waals surface area contributed by atoms with E-state index in [1.54, 1.807) is 7.11 Å². The second-order valence-electron chi connectivity index (χ2n) is 6.43. The van der Waals surface area contributed by atoms with Gasteiger partial charge in [-0.25, -0.2) is 0 Å². The number of amides is 1. The third kappa shape index (κ3) is 4.86. The first-order valence-electron chi connectivity index (χ1n) is 8.36. The molecule has 1 amide bonds. The van der Waals surface area contributed by atoms with Crippen LogP contribution in [0.3, 0.4) is 0 Å². The van der Waals surface area contributed by atoms with Gasteiger partial charge >= 0.3 is 0 Å². The number of aliphatic hydroxyl groups excluding tert-OH is 1. The standard InChI is InChI=1S/C18H28N2O3/c1-14(2)17(21)13-18(22)20-10-4-9-19(11-12-20)15-5-7-16(23-3)8-6-15/h5-8,14,17,21H,4,9-13H2,1-3H3/t17-/m1/s1. The van der Waals surface area contributed by atoms with Gasteiger partial charge in [0.25, 0.3) is 0 Å². The summed E-state index contributed by atoms with van der Waals surface area (Å²) in [6.07, 6.45) is 0.610. The molecular weight excluding hydrogens is 292 g/mol. The lowest BCUT2D eigenvalue weighted by molar-refractivity contribution is -0.133. The number of nitrogens with zero attached hydrogens (tertiary/aromatic N) is 2. The van der Waals surface area contributed by atoms with Crippen molar-refractivity contribution in [1.82, 2.24) is 4.90 Å². The van der Waals surface area contributed by atoms with Gasteiger partial charge in [-0.3, -0.25) is 4.79 Å². The van der Waals surface area contributed by atoms with E-state index in [4.69, 9.17) is 4.74 Å². The largest absolute Gasteiger partial charge is 0.497 e. The maximum atomic E-state index is 12.3. The summed E-state index contributed by atoms with van der Waals surface area (Å²) in [6, 6.07) is 8.03. The van der Waals surface area contributed by atoms with E-state index in [2.05, 4.69) is 17.0 Å². The van der Waals surface area contributed by atoms with Gasteiger partial charge in [-0.1, -0.05) is 13.8 Å². The van der Waals surface area contributed by atoms with E-state index >= 15 is 0 Å². The molecule has 1 aliphatic rings.